The molecule has 0 aromatic carbocycles. The van der Waals surface area contributed by atoms with Crippen LogP contribution in [0.3, 0.4) is 0 Å². The summed E-state index contributed by atoms with van der Waals surface area (Å²) in [6.45, 7) is 0. The fourth-order valence-electron chi connectivity index (χ4n) is 1.49. The highest BCUT2D eigenvalue weighted by Crippen LogP contribution is 2.04. The van der Waals surface area contributed by atoms with Gasteiger partial charge in [0.1, 0.15) is 0 Å². The predicted octanol–water partition coefficient (Wildman–Crippen LogP) is 1.31. The first-order valence-corrected chi connectivity index (χ1v) is 5.29. The van der Waals surface area contributed by atoms with Crippen molar-refractivity contribution >= 4 is 22.1 Å². The standard InChI is InChI=1S/C6H5N3.C5H4N4/c1-3-7-6-5(1)2-4-8-9-6;1-2-6-8-5-4(1)3-7-9-5/h1-4H,(H,7,9);1-3H,(H,7,8,9). The van der Waals surface area contributed by atoms with Gasteiger partial charge in [-0.2, -0.15) is 15.3 Å². The summed E-state index contributed by atoms with van der Waals surface area (Å²) >= 11 is 0. The SMILES string of the molecule is c1cc2cc[nH]c2nn1.c1cc2cn[nH]c2nn1. The van der Waals surface area contributed by atoms with E-state index < -0.39 is 0 Å². The molecule has 7 heteroatoms. The number of aromatic nitrogens is 7. The molecule has 0 saturated heterocycles. The van der Waals surface area contributed by atoms with Crippen LogP contribution in [0, 0.1) is 0 Å². The summed E-state index contributed by atoms with van der Waals surface area (Å²) in [7, 11) is 0. The second-order valence-corrected chi connectivity index (χ2v) is 3.52. The van der Waals surface area contributed by atoms with E-state index in [1.165, 1.54) is 0 Å². The van der Waals surface area contributed by atoms with E-state index in [1.54, 1.807) is 18.6 Å². The van der Waals surface area contributed by atoms with Crippen molar-refractivity contribution in [1.29, 1.82) is 0 Å². The van der Waals surface area contributed by atoms with Gasteiger partial charge in [0, 0.05) is 17.0 Å². The summed E-state index contributed by atoms with van der Waals surface area (Å²) < 4.78 is 0. The molecule has 0 unspecified atom stereocenters. The summed E-state index contributed by atoms with van der Waals surface area (Å²) in [6, 6.07) is 5.73. The molecule has 0 spiro atoms. The maximum atomic E-state index is 3.84. The van der Waals surface area contributed by atoms with E-state index in [9.17, 15) is 0 Å². The number of rotatable bonds is 0. The number of hydrogen-bond acceptors (Lipinski definition) is 5. The first-order valence-electron chi connectivity index (χ1n) is 5.29. The molecule has 18 heavy (non-hydrogen) atoms. The third-order valence-electron chi connectivity index (χ3n) is 2.36. The van der Waals surface area contributed by atoms with Gasteiger partial charge in [-0.05, 0) is 18.2 Å². The highest BCUT2D eigenvalue weighted by Gasteiger charge is 1.91. The molecule has 2 N–H and O–H groups in total. The Balaban J connectivity index is 0.000000111. The number of fused-ring (bicyclic) bond motifs is 2. The Hall–Kier alpha value is -2.83. The number of H-pyrrole nitrogens is 2. The van der Waals surface area contributed by atoms with Crippen molar-refractivity contribution in [2.45, 2.75) is 0 Å². The van der Waals surface area contributed by atoms with Gasteiger partial charge in [0.05, 0.1) is 18.6 Å². The molecule has 4 aromatic heterocycles. The molecule has 4 rings (SSSR count). The van der Waals surface area contributed by atoms with Crippen LogP contribution in [-0.2, 0) is 0 Å². The Bertz CT molecular complexity index is 631. The van der Waals surface area contributed by atoms with Gasteiger partial charge in [-0.25, -0.2) is 0 Å². The van der Waals surface area contributed by atoms with Gasteiger partial charge in [-0.3, -0.25) is 5.10 Å². The first kappa shape index (κ1) is 10.3. The van der Waals surface area contributed by atoms with Crippen molar-refractivity contribution in [3.8, 4) is 0 Å². The Kier molecular flexibility index (Phi) is 2.63. The molecule has 0 radical (unpaired) electrons. The van der Waals surface area contributed by atoms with E-state index >= 15 is 0 Å². The van der Waals surface area contributed by atoms with Crippen molar-refractivity contribution in [1.82, 2.24) is 35.6 Å². The molecule has 0 aliphatic rings. The fourth-order valence-corrected chi connectivity index (χ4v) is 1.49. The van der Waals surface area contributed by atoms with Crippen LogP contribution in [0.2, 0.25) is 0 Å². The lowest BCUT2D eigenvalue weighted by Gasteiger charge is -1.81. The Morgan fingerprint density at radius 1 is 0.833 bits per heavy atom. The molecular weight excluding hydrogens is 230 g/mol. The van der Waals surface area contributed by atoms with Crippen molar-refractivity contribution in [2.24, 2.45) is 0 Å². The van der Waals surface area contributed by atoms with Crippen LogP contribution in [-0.4, -0.2) is 35.6 Å². The van der Waals surface area contributed by atoms with Crippen LogP contribution >= 0.6 is 0 Å². The Labute approximate surface area is 101 Å². The van der Waals surface area contributed by atoms with Crippen molar-refractivity contribution in [3.63, 3.8) is 0 Å². The summed E-state index contributed by atoms with van der Waals surface area (Å²) in [6.07, 6.45) is 6.87. The molecule has 0 bridgehead atoms. The van der Waals surface area contributed by atoms with Crippen LogP contribution in [0.15, 0.2) is 43.0 Å². The van der Waals surface area contributed by atoms with Gasteiger partial charge in [-0.15, -0.1) is 10.2 Å². The minimum Gasteiger partial charge on any atom is -0.345 e. The Morgan fingerprint density at radius 2 is 1.61 bits per heavy atom. The lowest BCUT2D eigenvalue weighted by atomic mass is 10.4. The largest absolute Gasteiger partial charge is 0.345 e. The van der Waals surface area contributed by atoms with Crippen LogP contribution in [0.5, 0.6) is 0 Å². The lowest BCUT2D eigenvalue weighted by Crippen LogP contribution is -1.78. The molecule has 0 aliphatic heterocycles. The van der Waals surface area contributed by atoms with Gasteiger partial charge >= 0.3 is 0 Å². The topological polar surface area (TPSA) is 96.0 Å². The zero-order valence-corrected chi connectivity index (χ0v) is 9.28. The summed E-state index contributed by atoms with van der Waals surface area (Å²) in [5.74, 6) is 0. The van der Waals surface area contributed by atoms with Gasteiger partial charge in [0.25, 0.3) is 0 Å². The highest BCUT2D eigenvalue weighted by molar-refractivity contribution is 5.73. The number of nitrogens with zero attached hydrogens (tertiary/aromatic N) is 5. The summed E-state index contributed by atoms with van der Waals surface area (Å²) in [5.41, 5.74) is 1.58. The minimum atomic E-state index is 0.734. The maximum absolute atomic E-state index is 3.84. The van der Waals surface area contributed by atoms with E-state index in [4.69, 9.17) is 0 Å². The smallest absolute Gasteiger partial charge is 0.177 e. The third-order valence-corrected chi connectivity index (χ3v) is 2.36. The highest BCUT2D eigenvalue weighted by atomic mass is 15.2. The lowest BCUT2D eigenvalue weighted by molar-refractivity contribution is 1.02. The minimum absolute atomic E-state index is 0.734. The van der Waals surface area contributed by atoms with Crippen molar-refractivity contribution in [3.05, 3.63) is 43.0 Å². The fraction of sp³-hybridized carbons (Fsp3) is 0. The average Bonchev–Trinajstić information content (AvgIpc) is 3.08. The van der Waals surface area contributed by atoms with E-state index in [0.29, 0.717) is 0 Å². The van der Waals surface area contributed by atoms with Gasteiger partial charge in [0.2, 0.25) is 0 Å². The second kappa shape index (κ2) is 4.58. The zero-order valence-electron chi connectivity index (χ0n) is 9.28. The van der Waals surface area contributed by atoms with Crippen LogP contribution < -0.4 is 0 Å². The molecule has 0 amide bonds. The average molecular weight is 239 g/mol. The van der Waals surface area contributed by atoms with E-state index in [0.717, 1.165) is 22.1 Å². The van der Waals surface area contributed by atoms with Gasteiger partial charge in [-0.1, -0.05) is 0 Å². The molecule has 4 heterocycles. The summed E-state index contributed by atoms with van der Waals surface area (Å²) in [5, 5.41) is 23.5. The van der Waals surface area contributed by atoms with E-state index in [2.05, 4.69) is 35.6 Å². The second-order valence-electron chi connectivity index (χ2n) is 3.52. The predicted molar refractivity (Wildman–Crippen MR) is 65.6 cm³/mol. The number of aromatic amines is 2. The molecule has 0 saturated carbocycles. The van der Waals surface area contributed by atoms with Gasteiger partial charge < -0.3 is 4.98 Å². The monoisotopic (exact) mass is 239 g/mol. The van der Waals surface area contributed by atoms with E-state index in [-0.39, 0.29) is 0 Å². The molecule has 0 fully saturated rings. The molecule has 7 nitrogen and oxygen atoms in total. The molecule has 0 aliphatic carbocycles. The maximum Gasteiger partial charge on any atom is 0.177 e. The summed E-state index contributed by atoms with van der Waals surface area (Å²) in [4.78, 5) is 2.95. The molecule has 4 aromatic rings. The normalized spacial score (nSPS) is 10.2. The Morgan fingerprint density at radius 3 is 2.39 bits per heavy atom. The van der Waals surface area contributed by atoms with E-state index in [1.807, 2.05) is 24.4 Å². The zero-order chi connectivity index (χ0) is 12.2. The van der Waals surface area contributed by atoms with Crippen LogP contribution in [0.4, 0.5) is 0 Å². The molecule has 0 atom stereocenters. The molecular formula is C11H9N7. The van der Waals surface area contributed by atoms with Crippen LogP contribution in [0.1, 0.15) is 0 Å². The van der Waals surface area contributed by atoms with Crippen molar-refractivity contribution in [2.75, 3.05) is 0 Å². The van der Waals surface area contributed by atoms with Gasteiger partial charge in [0.15, 0.2) is 11.3 Å². The number of nitrogens with one attached hydrogen (secondary N) is 2. The first-order chi connectivity index (χ1) is 8.93. The third kappa shape index (κ3) is 2.01. The quantitative estimate of drug-likeness (QED) is 0.482. The number of hydrogen-bond donors (Lipinski definition) is 2. The van der Waals surface area contributed by atoms with Crippen molar-refractivity contribution < 1.29 is 0 Å². The molecule has 88 valence electrons. The van der Waals surface area contributed by atoms with Crippen LogP contribution in [0.25, 0.3) is 22.1 Å².